The monoisotopic (exact) mass is 172 g/mol. The maximum absolute atomic E-state index is 13.0. The fourth-order valence-corrected chi connectivity index (χ4v) is 0.754. The zero-order valence-corrected chi connectivity index (χ0v) is 7.58. The van der Waals surface area contributed by atoms with Crippen molar-refractivity contribution in [3.05, 3.63) is 36.0 Å². The second-order valence-corrected chi connectivity index (χ2v) is 2.76. The first kappa shape index (κ1) is 11.1. The minimum atomic E-state index is -0.881. The van der Waals surface area contributed by atoms with Gasteiger partial charge in [-0.05, 0) is 24.5 Å². The van der Waals surface area contributed by atoms with Gasteiger partial charge in [-0.1, -0.05) is 26.5 Å². The van der Waals surface area contributed by atoms with Crippen molar-refractivity contribution >= 4 is 0 Å². The van der Waals surface area contributed by atoms with Crippen LogP contribution in [0.15, 0.2) is 36.0 Å². The molecule has 0 radical (unpaired) electrons. The fraction of sp³-hybridized carbons (Fsp3) is 0.400. The standard InChI is InChI=1S/C10H14F2/c1-5-6-8(4)10(12)9(11)7(2)3/h2,4-6H2,1,3H3/b10-9-. The Morgan fingerprint density at radius 2 is 1.67 bits per heavy atom. The molecule has 0 aliphatic carbocycles. The maximum Gasteiger partial charge on any atom is 0.161 e. The van der Waals surface area contributed by atoms with Gasteiger partial charge in [0, 0.05) is 0 Å². The van der Waals surface area contributed by atoms with Crippen LogP contribution in [0.2, 0.25) is 0 Å². The summed E-state index contributed by atoms with van der Waals surface area (Å²) in [5, 5.41) is 0. The number of allylic oxidation sites excluding steroid dienone is 4. The van der Waals surface area contributed by atoms with Gasteiger partial charge in [0.25, 0.3) is 0 Å². The second-order valence-electron chi connectivity index (χ2n) is 2.76. The topological polar surface area (TPSA) is 0 Å². The van der Waals surface area contributed by atoms with Crippen LogP contribution >= 0.6 is 0 Å². The molecule has 12 heavy (non-hydrogen) atoms. The minimum absolute atomic E-state index is 0.102. The zero-order valence-electron chi connectivity index (χ0n) is 7.58. The van der Waals surface area contributed by atoms with Crippen LogP contribution in [-0.2, 0) is 0 Å². The Balaban J connectivity index is 4.55. The Morgan fingerprint density at radius 3 is 2.00 bits per heavy atom. The van der Waals surface area contributed by atoms with Crippen LogP contribution < -0.4 is 0 Å². The molecular weight excluding hydrogens is 158 g/mol. The Morgan fingerprint density at radius 1 is 1.17 bits per heavy atom. The van der Waals surface area contributed by atoms with Crippen molar-refractivity contribution in [3.8, 4) is 0 Å². The molecular formula is C10H14F2. The van der Waals surface area contributed by atoms with E-state index in [-0.39, 0.29) is 11.1 Å². The van der Waals surface area contributed by atoms with E-state index in [0.717, 1.165) is 6.42 Å². The van der Waals surface area contributed by atoms with Gasteiger partial charge < -0.3 is 0 Å². The molecule has 0 heterocycles. The first-order valence-electron chi connectivity index (χ1n) is 3.90. The van der Waals surface area contributed by atoms with Crippen LogP contribution in [0.4, 0.5) is 8.78 Å². The highest BCUT2D eigenvalue weighted by atomic mass is 19.2. The predicted molar refractivity (Wildman–Crippen MR) is 48.1 cm³/mol. The summed E-state index contributed by atoms with van der Waals surface area (Å²) in [5.41, 5.74) is 0.308. The van der Waals surface area contributed by atoms with Gasteiger partial charge in [-0.2, -0.15) is 0 Å². The molecule has 0 aromatic rings. The summed E-state index contributed by atoms with van der Waals surface area (Å²) in [6.07, 6.45) is 1.24. The summed E-state index contributed by atoms with van der Waals surface area (Å²) in [5.74, 6) is -1.74. The minimum Gasteiger partial charge on any atom is -0.203 e. The highest BCUT2D eigenvalue weighted by Gasteiger charge is 2.09. The summed E-state index contributed by atoms with van der Waals surface area (Å²) < 4.78 is 25.8. The third-order valence-electron chi connectivity index (χ3n) is 1.43. The van der Waals surface area contributed by atoms with E-state index >= 15 is 0 Å². The number of halogens is 2. The van der Waals surface area contributed by atoms with Crippen molar-refractivity contribution in [1.29, 1.82) is 0 Å². The molecule has 0 rings (SSSR count). The highest BCUT2D eigenvalue weighted by molar-refractivity contribution is 5.33. The van der Waals surface area contributed by atoms with Crippen molar-refractivity contribution in [2.75, 3.05) is 0 Å². The Kier molecular flexibility index (Phi) is 4.49. The molecule has 0 saturated carbocycles. The van der Waals surface area contributed by atoms with Gasteiger partial charge in [0.1, 0.15) is 0 Å². The average molecular weight is 172 g/mol. The first-order chi connectivity index (χ1) is 5.50. The van der Waals surface area contributed by atoms with Crippen molar-refractivity contribution in [1.82, 2.24) is 0 Å². The van der Waals surface area contributed by atoms with E-state index in [4.69, 9.17) is 0 Å². The van der Waals surface area contributed by atoms with Crippen molar-refractivity contribution in [3.63, 3.8) is 0 Å². The van der Waals surface area contributed by atoms with Crippen LogP contribution in [0, 0.1) is 0 Å². The molecule has 0 aromatic carbocycles. The normalized spacial score (nSPS) is 12.3. The molecule has 0 spiro atoms. The zero-order chi connectivity index (χ0) is 9.72. The number of rotatable bonds is 4. The molecule has 0 atom stereocenters. The number of hydrogen-bond donors (Lipinski definition) is 0. The van der Waals surface area contributed by atoms with Crippen LogP contribution in [-0.4, -0.2) is 0 Å². The lowest BCUT2D eigenvalue weighted by Gasteiger charge is -2.02. The predicted octanol–water partition coefficient (Wildman–Crippen LogP) is 4.07. The molecule has 0 saturated heterocycles. The van der Waals surface area contributed by atoms with E-state index in [0.29, 0.717) is 6.42 Å². The van der Waals surface area contributed by atoms with Gasteiger partial charge >= 0.3 is 0 Å². The van der Waals surface area contributed by atoms with Gasteiger partial charge in [-0.15, -0.1) is 0 Å². The SMILES string of the molecule is C=C(C)/C(F)=C(/F)C(=C)CCC. The van der Waals surface area contributed by atoms with Gasteiger partial charge in [0.05, 0.1) is 0 Å². The largest absolute Gasteiger partial charge is 0.203 e. The summed E-state index contributed by atoms with van der Waals surface area (Å²) in [6, 6.07) is 0. The molecule has 0 aromatic heterocycles. The molecule has 0 amide bonds. The Hall–Kier alpha value is -0.920. The summed E-state index contributed by atoms with van der Waals surface area (Å²) in [7, 11) is 0. The first-order valence-corrected chi connectivity index (χ1v) is 3.90. The van der Waals surface area contributed by atoms with E-state index in [9.17, 15) is 8.78 Å². The molecule has 0 N–H and O–H groups in total. The molecule has 68 valence electrons. The van der Waals surface area contributed by atoms with Gasteiger partial charge in [0.15, 0.2) is 11.7 Å². The Bertz CT molecular complexity index is 224. The van der Waals surface area contributed by atoms with E-state index < -0.39 is 11.7 Å². The van der Waals surface area contributed by atoms with Gasteiger partial charge in [-0.3, -0.25) is 0 Å². The highest BCUT2D eigenvalue weighted by Crippen LogP contribution is 2.23. The second kappa shape index (κ2) is 4.86. The number of hydrogen-bond acceptors (Lipinski definition) is 0. The molecule has 0 aliphatic heterocycles. The molecule has 0 nitrogen and oxygen atoms in total. The average Bonchev–Trinajstić information content (AvgIpc) is 2.02. The molecule has 2 heteroatoms. The Labute approximate surface area is 72.3 Å². The quantitative estimate of drug-likeness (QED) is 0.561. The lowest BCUT2D eigenvalue weighted by molar-refractivity contribution is 0.549. The van der Waals surface area contributed by atoms with Crippen LogP contribution in [0.3, 0.4) is 0 Å². The third kappa shape index (κ3) is 2.99. The fourth-order valence-electron chi connectivity index (χ4n) is 0.754. The van der Waals surface area contributed by atoms with Gasteiger partial charge in [-0.25, -0.2) is 8.78 Å². The smallest absolute Gasteiger partial charge is 0.161 e. The molecule has 0 aliphatic rings. The summed E-state index contributed by atoms with van der Waals surface area (Å²) in [4.78, 5) is 0. The van der Waals surface area contributed by atoms with Crippen LogP contribution in [0.1, 0.15) is 26.7 Å². The third-order valence-corrected chi connectivity index (χ3v) is 1.43. The van der Waals surface area contributed by atoms with E-state index in [1.54, 1.807) is 0 Å². The van der Waals surface area contributed by atoms with Crippen LogP contribution in [0.25, 0.3) is 0 Å². The molecule has 0 unspecified atom stereocenters. The van der Waals surface area contributed by atoms with E-state index in [1.807, 2.05) is 6.92 Å². The maximum atomic E-state index is 13.0. The van der Waals surface area contributed by atoms with E-state index in [1.165, 1.54) is 6.92 Å². The summed E-state index contributed by atoms with van der Waals surface area (Å²) >= 11 is 0. The molecule has 0 bridgehead atoms. The van der Waals surface area contributed by atoms with Gasteiger partial charge in [0.2, 0.25) is 0 Å². The van der Waals surface area contributed by atoms with Crippen molar-refractivity contribution in [2.45, 2.75) is 26.7 Å². The lowest BCUT2D eigenvalue weighted by atomic mass is 10.1. The summed E-state index contributed by atoms with van der Waals surface area (Å²) in [6.45, 7) is 10.0. The lowest BCUT2D eigenvalue weighted by Crippen LogP contribution is -1.87. The van der Waals surface area contributed by atoms with E-state index in [2.05, 4.69) is 13.2 Å². The van der Waals surface area contributed by atoms with Crippen molar-refractivity contribution < 1.29 is 8.78 Å². The molecule has 0 fully saturated rings. The van der Waals surface area contributed by atoms with Crippen molar-refractivity contribution in [2.24, 2.45) is 0 Å². The van der Waals surface area contributed by atoms with Crippen LogP contribution in [0.5, 0.6) is 0 Å².